The summed E-state index contributed by atoms with van der Waals surface area (Å²) in [6, 6.07) is 0. The molecule has 0 unspecified atom stereocenters. The van der Waals surface area contributed by atoms with Gasteiger partial charge in [-0.15, -0.1) is 0 Å². The zero-order chi connectivity index (χ0) is 31.1. The Labute approximate surface area is 257 Å². The van der Waals surface area contributed by atoms with Gasteiger partial charge in [-0.25, -0.2) is 0 Å². The summed E-state index contributed by atoms with van der Waals surface area (Å²) >= 11 is 0. The van der Waals surface area contributed by atoms with E-state index in [1.807, 2.05) is 0 Å². The molecule has 0 radical (unpaired) electrons. The first-order valence-corrected chi connectivity index (χ1v) is 15.8. The van der Waals surface area contributed by atoms with Crippen molar-refractivity contribution in [3.63, 3.8) is 0 Å². The van der Waals surface area contributed by atoms with Gasteiger partial charge in [0.25, 0.3) is 0 Å². The summed E-state index contributed by atoms with van der Waals surface area (Å²) in [5.41, 5.74) is 9.13. The van der Waals surface area contributed by atoms with Crippen molar-refractivity contribution in [3.05, 3.63) is 118 Å². The third kappa shape index (κ3) is 9.16. The maximum Gasteiger partial charge on any atom is 0.0982 e. The molecule has 228 valence electrons. The van der Waals surface area contributed by atoms with Crippen molar-refractivity contribution < 1.29 is 9.84 Å². The first-order valence-electron chi connectivity index (χ1n) is 15.8. The third-order valence-corrected chi connectivity index (χ3v) is 9.16. The van der Waals surface area contributed by atoms with Crippen LogP contribution in [-0.2, 0) is 4.74 Å². The molecule has 0 bridgehead atoms. The molecule has 3 atom stereocenters. The van der Waals surface area contributed by atoms with Crippen molar-refractivity contribution in [2.75, 3.05) is 0 Å². The van der Waals surface area contributed by atoms with Crippen LogP contribution in [0.5, 0.6) is 0 Å². The fourth-order valence-corrected chi connectivity index (χ4v) is 6.84. The summed E-state index contributed by atoms with van der Waals surface area (Å²) in [5, 5.41) is 10.1. The third-order valence-electron chi connectivity index (χ3n) is 9.16. The van der Waals surface area contributed by atoms with Crippen molar-refractivity contribution in [2.45, 2.75) is 119 Å². The lowest BCUT2D eigenvalue weighted by molar-refractivity contribution is -0.0307. The lowest BCUT2D eigenvalue weighted by Gasteiger charge is -2.42. The van der Waals surface area contributed by atoms with E-state index in [0.717, 1.165) is 19.3 Å². The van der Waals surface area contributed by atoms with Gasteiger partial charge in [0.2, 0.25) is 0 Å². The van der Waals surface area contributed by atoms with E-state index < -0.39 is 0 Å². The highest BCUT2D eigenvalue weighted by Crippen LogP contribution is 2.52. The summed E-state index contributed by atoms with van der Waals surface area (Å²) in [7, 11) is 0. The van der Waals surface area contributed by atoms with E-state index in [-0.39, 0.29) is 28.6 Å². The van der Waals surface area contributed by atoms with E-state index in [4.69, 9.17) is 4.74 Å². The molecular formula is C40H56O2. The molecule has 1 saturated carbocycles. The standard InChI is InChI=1S/C40H56O2/c1-29(18-13-19-31(3)22-23-35-33(5)26-34(41)28-39(35,8)9)16-11-12-17-30(2)20-14-21-32(4)36-27-37-38(6,7)24-15-25-40(37,10)42-36/h11-14,16-23,27,34,36,41H,15,24-26,28H2,1-10H3/b12-11+,18-13+,20-14-,23-22+,29-16+,30-17-,31-19+,32-21+/t34-,36+,40+/m0/s1. The van der Waals surface area contributed by atoms with Crippen molar-refractivity contribution in [3.8, 4) is 0 Å². The molecule has 2 heteroatoms. The SMILES string of the molecule is CC1=C(/C=C/C(C)=C/C=C/C(C)=C/C=C/C=C(C)\C=C/C=C(\C)[C@H]2C=C3C(C)(C)CCC[C@@]3(C)O2)C(C)(C)C[C@@H](O)C1. The normalized spacial score (nSPS) is 29.5. The number of ether oxygens (including phenoxy) is 1. The highest BCUT2D eigenvalue weighted by molar-refractivity contribution is 5.39. The minimum atomic E-state index is -0.223. The molecule has 0 spiro atoms. The van der Waals surface area contributed by atoms with Gasteiger partial charge in [0.05, 0.1) is 17.8 Å². The lowest BCUT2D eigenvalue weighted by atomic mass is 9.67. The summed E-state index contributed by atoms with van der Waals surface area (Å²) in [4.78, 5) is 0. The molecule has 42 heavy (non-hydrogen) atoms. The molecule has 0 aromatic rings. The number of fused-ring (bicyclic) bond motifs is 1. The van der Waals surface area contributed by atoms with E-state index in [0.29, 0.717) is 0 Å². The average molecular weight is 569 g/mol. The predicted octanol–water partition coefficient (Wildman–Crippen LogP) is 10.8. The molecule has 3 rings (SSSR count). The fourth-order valence-electron chi connectivity index (χ4n) is 6.84. The lowest BCUT2D eigenvalue weighted by Crippen LogP contribution is -2.39. The maximum atomic E-state index is 10.1. The number of aliphatic hydroxyl groups excluding tert-OH is 1. The minimum Gasteiger partial charge on any atom is -0.393 e. The first kappa shape index (κ1) is 33.8. The number of hydrogen-bond acceptors (Lipinski definition) is 2. The van der Waals surface area contributed by atoms with Gasteiger partial charge in [-0.05, 0) is 107 Å². The largest absolute Gasteiger partial charge is 0.393 e. The van der Waals surface area contributed by atoms with Gasteiger partial charge in [0, 0.05) is 0 Å². The quantitative estimate of drug-likeness (QED) is 0.221. The number of rotatable bonds is 9. The Hall–Kier alpha value is -2.68. The molecule has 1 heterocycles. The van der Waals surface area contributed by atoms with E-state index >= 15 is 0 Å². The summed E-state index contributed by atoms with van der Waals surface area (Å²) in [6.45, 7) is 22.1. The van der Waals surface area contributed by atoms with Crippen LogP contribution in [0.4, 0.5) is 0 Å². The molecule has 2 aliphatic carbocycles. The van der Waals surface area contributed by atoms with Gasteiger partial charge in [0.15, 0.2) is 0 Å². The second kappa shape index (κ2) is 14.2. The van der Waals surface area contributed by atoms with Gasteiger partial charge in [-0.1, -0.05) is 123 Å². The Morgan fingerprint density at radius 3 is 1.95 bits per heavy atom. The topological polar surface area (TPSA) is 29.5 Å². The number of allylic oxidation sites excluding steroid dienone is 16. The summed E-state index contributed by atoms with van der Waals surface area (Å²) in [6.07, 6.45) is 33.2. The van der Waals surface area contributed by atoms with Crippen molar-refractivity contribution >= 4 is 0 Å². The van der Waals surface area contributed by atoms with Gasteiger partial charge in [0.1, 0.15) is 0 Å². The Morgan fingerprint density at radius 2 is 1.36 bits per heavy atom. The molecule has 0 amide bonds. The fraction of sp³-hybridized carbons (Fsp3) is 0.500. The summed E-state index contributed by atoms with van der Waals surface area (Å²) in [5.74, 6) is 0. The zero-order valence-electron chi connectivity index (χ0n) is 28.1. The van der Waals surface area contributed by atoms with Crippen LogP contribution in [0.1, 0.15) is 101 Å². The van der Waals surface area contributed by atoms with Crippen LogP contribution in [0, 0.1) is 10.8 Å². The Bertz CT molecular complexity index is 1290. The van der Waals surface area contributed by atoms with Crippen LogP contribution in [0.3, 0.4) is 0 Å². The number of hydrogen-bond donors (Lipinski definition) is 1. The summed E-state index contributed by atoms with van der Waals surface area (Å²) < 4.78 is 6.55. The van der Waals surface area contributed by atoms with Crippen molar-refractivity contribution in [1.29, 1.82) is 0 Å². The Balaban J connectivity index is 1.51. The van der Waals surface area contributed by atoms with Crippen molar-refractivity contribution in [1.82, 2.24) is 0 Å². The molecule has 0 aromatic carbocycles. The second-order valence-electron chi connectivity index (χ2n) is 14.3. The smallest absolute Gasteiger partial charge is 0.0982 e. The van der Waals surface area contributed by atoms with E-state index in [1.165, 1.54) is 51.9 Å². The van der Waals surface area contributed by atoms with E-state index in [9.17, 15) is 5.11 Å². The highest BCUT2D eigenvalue weighted by Gasteiger charge is 2.47. The van der Waals surface area contributed by atoms with Crippen LogP contribution in [0.15, 0.2) is 118 Å². The molecule has 1 fully saturated rings. The number of aliphatic hydroxyl groups is 1. The maximum absolute atomic E-state index is 10.1. The zero-order valence-corrected chi connectivity index (χ0v) is 28.1. The molecule has 0 aromatic heterocycles. The van der Waals surface area contributed by atoms with E-state index in [1.54, 1.807) is 0 Å². The minimum absolute atomic E-state index is 0.00964. The van der Waals surface area contributed by atoms with Gasteiger partial charge >= 0.3 is 0 Å². The van der Waals surface area contributed by atoms with Crippen LogP contribution in [-0.4, -0.2) is 22.9 Å². The molecule has 1 N–H and O–H groups in total. The van der Waals surface area contributed by atoms with Crippen molar-refractivity contribution in [2.24, 2.45) is 10.8 Å². The molecule has 3 aliphatic rings. The van der Waals surface area contributed by atoms with Crippen LogP contribution < -0.4 is 0 Å². The molecule has 0 saturated heterocycles. The Morgan fingerprint density at radius 1 is 0.786 bits per heavy atom. The predicted molar refractivity (Wildman–Crippen MR) is 182 cm³/mol. The Kier molecular flexibility index (Phi) is 11.4. The van der Waals surface area contributed by atoms with Gasteiger partial charge in [-0.3, -0.25) is 0 Å². The van der Waals surface area contributed by atoms with Crippen LogP contribution >= 0.6 is 0 Å². The average Bonchev–Trinajstić information content (AvgIpc) is 3.24. The van der Waals surface area contributed by atoms with Crippen LogP contribution in [0.25, 0.3) is 0 Å². The first-order chi connectivity index (χ1) is 19.6. The molecular weight excluding hydrogens is 512 g/mol. The molecule has 1 aliphatic heterocycles. The second-order valence-corrected chi connectivity index (χ2v) is 14.3. The monoisotopic (exact) mass is 568 g/mol. The highest BCUT2D eigenvalue weighted by atomic mass is 16.5. The van der Waals surface area contributed by atoms with E-state index in [2.05, 4.69) is 148 Å². The van der Waals surface area contributed by atoms with Gasteiger partial charge in [-0.2, -0.15) is 0 Å². The van der Waals surface area contributed by atoms with Gasteiger partial charge < -0.3 is 9.84 Å². The molecule has 2 nitrogen and oxygen atoms in total. The van der Waals surface area contributed by atoms with Crippen LogP contribution in [0.2, 0.25) is 0 Å².